The fourth-order valence-corrected chi connectivity index (χ4v) is 6.44. The third-order valence-corrected chi connectivity index (χ3v) is 8.52. The maximum Gasteiger partial charge on any atom is 0.220 e. The van der Waals surface area contributed by atoms with Gasteiger partial charge in [-0.1, -0.05) is 94.4 Å². The zero-order chi connectivity index (χ0) is 27.9. The van der Waals surface area contributed by atoms with Crippen molar-refractivity contribution >= 4 is 11.5 Å². The molecule has 1 spiro atoms. The number of nitrogens with zero attached hydrogens (tertiary/aromatic N) is 3. The molecule has 1 fully saturated rings. The van der Waals surface area contributed by atoms with Crippen LogP contribution in [0.2, 0.25) is 0 Å². The summed E-state index contributed by atoms with van der Waals surface area (Å²) in [6, 6.07) is 25.9. The van der Waals surface area contributed by atoms with Gasteiger partial charge in [-0.3, -0.25) is 4.79 Å². The molecule has 41 heavy (non-hydrogen) atoms. The van der Waals surface area contributed by atoms with Gasteiger partial charge >= 0.3 is 0 Å². The molecule has 1 saturated heterocycles. The van der Waals surface area contributed by atoms with E-state index >= 15 is 0 Å². The number of hydrogen-bond donors (Lipinski definition) is 1. The molecule has 5 nitrogen and oxygen atoms in total. The predicted molar refractivity (Wildman–Crippen MR) is 160 cm³/mol. The van der Waals surface area contributed by atoms with E-state index in [1.807, 2.05) is 6.07 Å². The van der Waals surface area contributed by atoms with Gasteiger partial charge < -0.3 is 22.3 Å². The lowest BCUT2D eigenvalue weighted by molar-refractivity contribution is -0.662. The van der Waals surface area contributed by atoms with Gasteiger partial charge in [0.25, 0.3) is 0 Å². The van der Waals surface area contributed by atoms with Crippen LogP contribution in [0.5, 0.6) is 0 Å². The van der Waals surface area contributed by atoms with E-state index in [1.165, 1.54) is 39.1 Å². The predicted octanol–water partition coefficient (Wildman–Crippen LogP) is 3.95. The third kappa shape index (κ3) is 5.54. The summed E-state index contributed by atoms with van der Waals surface area (Å²) in [5, 5.41) is 8.61. The summed E-state index contributed by atoms with van der Waals surface area (Å²) in [6.07, 6.45) is 7.87. The highest BCUT2D eigenvalue weighted by molar-refractivity contribution is 5.87. The first-order chi connectivity index (χ1) is 19.3. The SMILES string of the molecule is CC(C)c1cc(-c2ccccc2)cc(C(C)C)c1-[n+]1cc(C2=CCC[C@]23CCC(=O)N3)n(Cc2ccccc2)n1.[Br-]. The van der Waals surface area contributed by atoms with Crippen molar-refractivity contribution in [2.75, 3.05) is 0 Å². The van der Waals surface area contributed by atoms with E-state index in [-0.39, 0.29) is 28.4 Å². The number of amides is 1. The fraction of sp³-hybridized carbons (Fsp3) is 0.343. The average Bonchev–Trinajstić information content (AvgIpc) is 3.67. The molecule has 0 radical (unpaired) electrons. The van der Waals surface area contributed by atoms with E-state index in [2.05, 4.69) is 121 Å². The Morgan fingerprint density at radius 2 is 1.54 bits per heavy atom. The number of carbonyl (C=O) groups excluding carboxylic acids is 1. The molecule has 1 amide bonds. The highest BCUT2D eigenvalue weighted by Crippen LogP contribution is 2.43. The number of carbonyl (C=O) groups is 1. The van der Waals surface area contributed by atoms with Gasteiger partial charge in [0, 0.05) is 23.1 Å². The van der Waals surface area contributed by atoms with Crippen LogP contribution < -0.4 is 27.0 Å². The van der Waals surface area contributed by atoms with Gasteiger partial charge in [0.05, 0.1) is 10.8 Å². The third-order valence-electron chi connectivity index (χ3n) is 8.52. The van der Waals surface area contributed by atoms with Crippen LogP contribution in [0, 0.1) is 0 Å². The summed E-state index contributed by atoms with van der Waals surface area (Å²) in [7, 11) is 0. The highest BCUT2D eigenvalue weighted by Gasteiger charge is 2.46. The van der Waals surface area contributed by atoms with Crippen molar-refractivity contribution in [1.29, 1.82) is 0 Å². The normalized spacial score (nSPS) is 18.2. The zero-order valence-electron chi connectivity index (χ0n) is 24.4. The van der Waals surface area contributed by atoms with E-state index in [4.69, 9.17) is 5.21 Å². The van der Waals surface area contributed by atoms with Crippen molar-refractivity contribution in [2.24, 2.45) is 0 Å². The molecule has 1 atom stereocenters. The molecule has 1 aliphatic heterocycles. The van der Waals surface area contributed by atoms with E-state index in [0.29, 0.717) is 24.8 Å². The molecule has 1 N–H and O–H groups in total. The number of halogens is 1. The monoisotopic (exact) mass is 610 g/mol. The number of benzene rings is 3. The summed E-state index contributed by atoms with van der Waals surface area (Å²) in [5.41, 5.74) is 9.42. The van der Waals surface area contributed by atoms with Crippen molar-refractivity contribution in [2.45, 2.75) is 77.3 Å². The molecule has 6 heteroatoms. The Morgan fingerprint density at radius 1 is 0.902 bits per heavy atom. The maximum atomic E-state index is 12.4. The lowest BCUT2D eigenvalue weighted by Gasteiger charge is -2.26. The molecule has 0 unspecified atom stereocenters. The quantitative estimate of drug-likeness (QED) is 0.322. The molecule has 212 valence electrons. The van der Waals surface area contributed by atoms with Crippen molar-refractivity contribution in [1.82, 2.24) is 15.2 Å². The molecule has 3 aromatic carbocycles. The standard InChI is InChI=1S/C35H38N4O.BrH/c1-24(2)29-20-28(27-14-9-6-10-15-27)21-30(25(3)4)34(29)39-23-32(38(37-39)22-26-12-7-5-8-13-26)31-16-11-18-35(31)19-17-33(40)36-35;/h5-10,12-16,20-21,23-25H,11,17-19,22H2,1-4H3;1H/t35-;/m0./s1. The van der Waals surface area contributed by atoms with Gasteiger partial charge in [-0.25, -0.2) is 0 Å². The van der Waals surface area contributed by atoms with Gasteiger partial charge in [-0.2, -0.15) is 0 Å². The number of nitrogens with one attached hydrogen (secondary N) is 1. The number of rotatable bonds is 7. The molecule has 6 rings (SSSR count). The summed E-state index contributed by atoms with van der Waals surface area (Å²) < 4.78 is 4.25. The summed E-state index contributed by atoms with van der Waals surface area (Å²) in [4.78, 5) is 12.4. The minimum absolute atomic E-state index is 0. The van der Waals surface area contributed by atoms with Gasteiger partial charge in [0.2, 0.25) is 5.91 Å². The van der Waals surface area contributed by atoms with Crippen molar-refractivity contribution < 1.29 is 26.5 Å². The largest absolute Gasteiger partial charge is 1.00 e. The minimum atomic E-state index is -0.289. The van der Waals surface area contributed by atoms with Gasteiger partial charge in [-0.05, 0) is 59.9 Å². The Morgan fingerprint density at radius 3 is 2.12 bits per heavy atom. The van der Waals surface area contributed by atoms with E-state index < -0.39 is 0 Å². The maximum absolute atomic E-state index is 12.4. The number of aromatic nitrogens is 3. The molecule has 1 aliphatic carbocycles. The second-order valence-corrected chi connectivity index (χ2v) is 12.0. The lowest BCUT2D eigenvalue weighted by Crippen LogP contribution is -3.00. The first-order valence-corrected chi connectivity index (χ1v) is 14.6. The molecule has 1 aromatic heterocycles. The first-order valence-electron chi connectivity index (χ1n) is 14.6. The molecule has 0 bridgehead atoms. The van der Waals surface area contributed by atoms with Crippen LogP contribution in [0.15, 0.2) is 85.1 Å². The second-order valence-electron chi connectivity index (χ2n) is 12.0. The highest BCUT2D eigenvalue weighted by atomic mass is 79.9. The summed E-state index contributed by atoms with van der Waals surface area (Å²) in [5.74, 6) is 0.783. The summed E-state index contributed by atoms with van der Waals surface area (Å²) >= 11 is 0. The van der Waals surface area contributed by atoms with Gasteiger partial charge in [0.15, 0.2) is 17.6 Å². The van der Waals surface area contributed by atoms with Crippen LogP contribution in [0.4, 0.5) is 0 Å². The first kappa shape index (κ1) is 29.0. The van der Waals surface area contributed by atoms with Crippen LogP contribution in [0.1, 0.15) is 87.6 Å². The second kappa shape index (κ2) is 11.8. The van der Waals surface area contributed by atoms with Crippen LogP contribution >= 0.6 is 0 Å². The average molecular weight is 612 g/mol. The fourth-order valence-electron chi connectivity index (χ4n) is 6.44. The van der Waals surface area contributed by atoms with Crippen molar-refractivity contribution in [3.05, 3.63) is 107 Å². The topological polar surface area (TPSA) is 50.8 Å². The Bertz CT molecular complexity index is 1540. The summed E-state index contributed by atoms with van der Waals surface area (Å²) in [6.45, 7) is 9.73. The Kier molecular flexibility index (Phi) is 8.32. The molecule has 2 heterocycles. The lowest BCUT2D eigenvalue weighted by atomic mass is 9.87. The van der Waals surface area contributed by atoms with Crippen LogP contribution in [-0.2, 0) is 11.3 Å². The van der Waals surface area contributed by atoms with E-state index in [9.17, 15) is 4.79 Å². The minimum Gasteiger partial charge on any atom is -1.00 e. The molecule has 4 aromatic rings. The molecule has 0 saturated carbocycles. The molecular formula is C35H39BrN4O. The van der Waals surface area contributed by atoms with Crippen LogP contribution in [0.3, 0.4) is 0 Å². The van der Waals surface area contributed by atoms with E-state index in [1.54, 1.807) is 0 Å². The number of allylic oxidation sites excluding steroid dienone is 1. The zero-order valence-corrected chi connectivity index (χ0v) is 26.0. The smallest absolute Gasteiger partial charge is 0.220 e. The van der Waals surface area contributed by atoms with Crippen LogP contribution in [-0.4, -0.2) is 21.3 Å². The Hall–Kier alpha value is -3.51. The van der Waals surface area contributed by atoms with Crippen LogP contribution in [0.25, 0.3) is 22.4 Å². The van der Waals surface area contributed by atoms with Gasteiger partial charge in [-0.15, -0.1) is 9.36 Å². The molecular weight excluding hydrogens is 572 g/mol. The van der Waals surface area contributed by atoms with E-state index in [0.717, 1.165) is 25.0 Å². The number of hydrogen-bond acceptors (Lipinski definition) is 2. The Balaban J connectivity index is 0.00000337. The van der Waals surface area contributed by atoms with Crippen molar-refractivity contribution in [3.8, 4) is 16.8 Å². The van der Waals surface area contributed by atoms with Crippen molar-refractivity contribution in [3.63, 3.8) is 0 Å². The Labute approximate surface area is 254 Å². The molecule has 2 aliphatic rings. The van der Waals surface area contributed by atoms with Gasteiger partial charge in [0.1, 0.15) is 6.54 Å².